The lowest BCUT2D eigenvalue weighted by molar-refractivity contribution is 0.102. The number of fused-ring (bicyclic) bond motifs is 1. The van der Waals surface area contributed by atoms with Crippen molar-refractivity contribution in [1.82, 2.24) is 24.8 Å². The molecule has 3 aromatic heterocycles. The summed E-state index contributed by atoms with van der Waals surface area (Å²) in [7, 11) is 0.431. The number of ether oxygens (including phenoxy) is 1. The van der Waals surface area contributed by atoms with Crippen LogP contribution in [0.4, 0.5) is 10.9 Å². The molecule has 1 aliphatic rings. The van der Waals surface area contributed by atoms with Crippen molar-refractivity contribution in [1.29, 1.82) is 5.26 Å². The first-order chi connectivity index (χ1) is 17.1. The van der Waals surface area contributed by atoms with E-state index in [0.717, 1.165) is 54.1 Å². The number of aromatic nitrogens is 4. The van der Waals surface area contributed by atoms with Gasteiger partial charge in [0.1, 0.15) is 27.8 Å². The zero-order valence-corrected chi connectivity index (χ0v) is 20.7. The van der Waals surface area contributed by atoms with Crippen LogP contribution in [0.1, 0.15) is 28.1 Å². The van der Waals surface area contributed by atoms with Gasteiger partial charge in [-0.05, 0) is 50.3 Å². The van der Waals surface area contributed by atoms with E-state index in [4.69, 9.17) is 15.1 Å². The van der Waals surface area contributed by atoms with E-state index in [9.17, 15) is 4.79 Å². The molecule has 3 N–H and O–H groups in total. The van der Waals surface area contributed by atoms with Crippen LogP contribution in [0.2, 0.25) is 0 Å². The van der Waals surface area contributed by atoms with Crippen LogP contribution in [0.3, 0.4) is 0 Å². The maximum Gasteiger partial charge on any atom is 0.257 e. The number of nitriles is 1. The Kier molecular flexibility index (Phi) is 6.86. The van der Waals surface area contributed by atoms with Crippen molar-refractivity contribution in [3.63, 3.8) is 0 Å². The van der Waals surface area contributed by atoms with Gasteiger partial charge >= 0.3 is 0 Å². The molecule has 178 valence electrons. The Morgan fingerprint density at radius 3 is 2.89 bits per heavy atom. The second-order valence-electron chi connectivity index (χ2n) is 7.90. The Balaban J connectivity index is 1.36. The molecule has 12 heteroatoms. The molecule has 4 aromatic rings. The smallest absolute Gasteiger partial charge is 0.257 e. The van der Waals surface area contributed by atoms with Gasteiger partial charge in [-0.1, -0.05) is 11.3 Å². The van der Waals surface area contributed by atoms with Crippen LogP contribution >= 0.6 is 20.1 Å². The fourth-order valence-corrected chi connectivity index (χ4v) is 5.07. The first-order valence-corrected chi connectivity index (χ1v) is 13.4. The molecule has 5 rings (SSSR count). The number of rotatable bonds is 7. The van der Waals surface area contributed by atoms with Crippen molar-refractivity contribution in [2.24, 2.45) is 0 Å². The zero-order chi connectivity index (χ0) is 24.2. The number of amides is 1. The Bertz CT molecular complexity index is 1390. The summed E-state index contributed by atoms with van der Waals surface area (Å²) in [5.74, 6) is 1.70. The molecule has 0 spiro atoms. The van der Waals surface area contributed by atoms with E-state index in [0.29, 0.717) is 41.8 Å². The van der Waals surface area contributed by atoms with E-state index in [1.165, 1.54) is 6.20 Å². The molecule has 10 nitrogen and oxygen atoms in total. The maximum atomic E-state index is 12.5. The van der Waals surface area contributed by atoms with Gasteiger partial charge in [0.05, 0.1) is 6.20 Å². The summed E-state index contributed by atoms with van der Waals surface area (Å²) in [6.07, 6.45) is 5.35. The summed E-state index contributed by atoms with van der Waals surface area (Å²) >= 11 is 1.13. The van der Waals surface area contributed by atoms with Crippen molar-refractivity contribution in [3.05, 3.63) is 53.2 Å². The summed E-state index contributed by atoms with van der Waals surface area (Å²) in [4.78, 5) is 21.5. The van der Waals surface area contributed by atoms with Crippen LogP contribution in [0.15, 0.2) is 42.7 Å². The second kappa shape index (κ2) is 10.4. The number of carbonyl (C=O) groups is 1. The van der Waals surface area contributed by atoms with Gasteiger partial charge in [-0.3, -0.25) is 10.1 Å². The number of pyridine rings is 1. The lowest BCUT2D eigenvalue weighted by Crippen LogP contribution is -2.38. The predicted octanol–water partition coefficient (Wildman–Crippen LogP) is 4.04. The molecule has 0 radical (unpaired) electrons. The minimum atomic E-state index is -0.306. The highest BCUT2D eigenvalue weighted by Gasteiger charge is 2.21. The van der Waals surface area contributed by atoms with Gasteiger partial charge in [-0.15, -0.1) is 5.10 Å². The van der Waals surface area contributed by atoms with E-state index >= 15 is 0 Å². The van der Waals surface area contributed by atoms with Gasteiger partial charge in [-0.25, -0.2) is 14.4 Å². The van der Waals surface area contributed by atoms with Crippen LogP contribution in [-0.2, 0) is 0 Å². The Hall–Kier alpha value is -3.58. The van der Waals surface area contributed by atoms with Gasteiger partial charge in [0.25, 0.3) is 5.91 Å². The average molecular weight is 507 g/mol. The minimum Gasteiger partial charge on any atom is -0.456 e. The molecule has 4 heterocycles. The standard InChI is InChI=1S/C23H23N8O2PS/c1-34-31-21-19(20(30-31)28-15-3-2-9-25-12-15)18(8-10-26-21)33-16-6-4-14(5-7-16)22(32)29-23-27-13-17(11-24)35-23/h4-8,10,13,15,25,34H,2-3,9,12H2,1H3,(H,28,30)(H,27,29,32)/t15-/m1/s1. The molecule has 0 saturated carbocycles. The van der Waals surface area contributed by atoms with Gasteiger partial charge < -0.3 is 15.4 Å². The number of piperidine rings is 1. The molecule has 1 fully saturated rings. The van der Waals surface area contributed by atoms with Crippen molar-refractivity contribution < 1.29 is 9.53 Å². The lowest BCUT2D eigenvalue weighted by Gasteiger charge is -2.23. The highest BCUT2D eigenvalue weighted by Crippen LogP contribution is 2.36. The summed E-state index contributed by atoms with van der Waals surface area (Å²) in [6, 6.07) is 11.0. The molecule has 1 aliphatic heterocycles. The van der Waals surface area contributed by atoms with Crippen molar-refractivity contribution in [2.45, 2.75) is 18.9 Å². The summed E-state index contributed by atoms with van der Waals surface area (Å²) in [6.45, 7) is 3.99. The Morgan fingerprint density at radius 2 is 2.17 bits per heavy atom. The third-order valence-electron chi connectivity index (χ3n) is 5.56. The van der Waals surface area contributed by atoms with E-state index in [1.54, 1.807) is 30.5 Å². The molecule has 0 bridgehead atoms. The zero-order valence-electron chi connectivity index (χ0n) is 18.9. The van der Waals surface area contributed by atoms with E-state index < -0.39 is 0 Å². The quantitative estimate of drug-likeness (QED) is 0.320. The highest BCUT2D eigenvalue weighted by atomic mass is 32.1. The molecular weight excluding hydrogens is 483 g/mol. The van der Waals surface area contributed by atoms with Crippen molar-refractivity contribution >= 4 is 48.0 Å². The van der Waals surface area contributed by atoms with Crippen LogP contribution in [0, 0.1) is 11.3 Å². The third kappa shape index (κ3) is 5.10. The lowest BCUT2D eigenvalue weighted by atomic mass is 10.1. The van der Waals surface area contributed by atoms with Gasteiger partial charge in [-0.2, -0.15) is 5.26 Å². The number of nitrogens with zero attached hydrogens (tertiary/aromatic N) is 5. The Labute approximate surface area is 207 Å². The molecule has 1 unspecified atom stereocenters. The van der Waals surface area contributed by atoms with Gasteiger partial charge in [0, 0.05) is 39.1 Å². The molecule has 2 atom stereocenters. The number of benzene rings is 1. The van der Waals surface area contributed by atoms with Crippen LogP contribution < -0.4 is 20.7 Å². The summed E-state index contributed by atoms with van der Waals surface area (Å²) in [5, 5.41) is 24.6. The number of thiazole rings is 1. The highest BCUT2D eigenvalue weighted by molar-refractivity contribution is 7.35. The minimum absolute atomic E-state index is 0.295. The van der Waals surface area contributed by atoms with E-state index in [1.807, 2.05) is 16.6 Å². The topological polar surface area (TPSA) is 130 Å². The molecule has 35 heavy (non-hydrogen) atoms. The van der Waals surface area contributed by atoms with Gasteiger partial charge in [0.2, 0.25) is 0 Å². The first kappa shape index (κ1) is 23.2. The summed E-state index contributed by atoms with van der Waals surface area (Å²) < 4.78 is 8.12. The molecule has 1 saturated heterocycles. The molecule has 1 amide bonds. The summed E-state index contributed by atoms with van der Waals surface area (Å²) in [5.41, 5.74) is 1.23. The molecule has 0 aliphatic carbocycles. The third-order valence-corrected chi connectivity index (χ3v) is 7.11. The molecule has 1 aromatic carbocycles. The van der Waals surface area contributed by atoms with Crippen molar-refractivity contribution in [2.75, 3.05) is 30.4 Å². The number of anilines is 2. The fourth-order valence-electron chi connectivity index (χ4n) is 3.88. The largest absolute Gasteiger partial charge is 0.456 e. The van der Waals surface area contributed by atoms with Gasteiger partial charge in [0.15, 0.2) is 16.6 Å². The number of hydrogen-bond acceptors (Lipinski definition) is 9. The van der Waals surface area contributed by atoms with Crippen molar-refractivity contribution in [3.8, 4) is 17.6 Å². The normalized spacial score (nSPS) is 15.8. The predicted molar refractivity (Wildman–Crippen MR) is 138 cm³/mol. The average Bonchev–Trinajstić information content (AvgIpc) is 3.50. The fraction of sp³-hybridized carbons (Fsp3) is 0.261. The van der Waals surface area contributed by atoms with Crippen LogP contribution in [0.25, 0.3) is 11.0 Å². The number of carbonyl (C=O) groups excluding carboxylic acids is 1. The monoisotopic (exact) mass is 506 g/mol. The number of nitrogens with one attached hydrogen (secondary N) is 3. The number of hydrogen-bond donors (Lipinski definition) is 3. The molecular formula is C23H23N8O2PS. The van der Waals surface area contributed by atoms with Crippen LogP contribution in [0.5, 0.6) is 11.5 Å². The van der Waals surface area contributed by atoms with Crippen LogP contribution in [-0.4, -0.2) is 51.2 Å². The van der Waals surface area contributed by atoms with E-state index in [2.05, 4.69) is 32.6 Å². The maximum absolute atomic E-state index is 12.5. The SMILES string of the molecule is CPn1nc(N[C@@H]2CCCNC2)c2c(Oc3ccc(C(=O)Nc4ncc(C#N)s4)cc3)ccnc21. The Morgan fingerprint density at radius 1 is 1.31 bits per heavy atom. The first-order valence-electron chi connectivity index (χ1n) is 11.1. The second-order valence-corrected chi connectivity index (χ2v) is 9.80. The van der Waals surface area contributed by atoms with E-state index in [-0.39, 0.29) is 5.91 Å².